The Morgan fingerprint density at radius 1 is 1.33 bits per heavy atom. The molecule has 1 fully saturated rings. The molecule has 27 heavy (non-hydrogen) atoms. The Bertz CT molecular complexity index is 895. The molecule has 0 radical (unpaired) electrons. The number of likely N-dealkylation sites (N-methyl/N-ethyl adjacent to an activating group) is 1. The molecule has 2 aromatic heterocycles. The fourth-order valence-corrected chi connectivity index (χ4v) is 4.77. The highest BCUT2D eigenvalue weighted by atomic mass is 35.5. The van der Waals surface area contributed by atoms with Crippen LogP contribution in [0, 0.1) is 13.8 Å². The molecule has 1 saturated heterocycles. The summed E-state index contributed by atoms with van der Waals surface area (Å²) in [6.07, 6.45) is 0. The van der Waals surface area contributed by atoms with Gasteiger partial charge in [0.25, 0.3) is 0 Å². The van der Waals surface area contributed by atoms with Crippen molar-refractivity contribution >= 4 is 22.4 Å². The third-order valence-corrected chi connectivity index (χ3v) is 6.47. The van der Waals surface area contributed by atoms with E-state index < -0.39 is 16.1 Å². The zero-order valence-corrected chi connectivity index (χ0v) is 17.7. The van der Waals surface area contributed by atoms with Crippen LogP contribution in [-0.2, 0) is 17.1 Å². The molecule has 2 unspecified atom stereocenters. The molecule has 0 bridgehead atoms. The van der Waals surface area contributed by atoms with Gasteiger partial charge in [0, 0.05) is 26.7 Å². The van der Waals surface area contributed by atoms with Gasteiger partial charge in [0.15, 0.2) is 5.82 Å². The summed E-state index contributed by atoms with van der Waals surface area (Å²) >= 11 is 0. The summed E-state index contributed by atoms with van der Waals surface area (Å²) in [6.45, 7) is 7.59. The van der Waals surface area contributed by atoms with E-state index in [9.17, 15) is 8.42 Å². The number of piperazine rings is 1. The summed E-state index contributed by atoms with van der Waals surface area (Å²) in [4.78, 5) is 6.73. The summed E-state index contributed by atoms with van der Waals surface area (Å²) in [5.41, 5.74) is 1.02. The van der Waals surface area contributed by atoms with E-state index in [-0.39, 0.29) is 29.2 Å². The third kappa shape index (κ3) is 4.32. The van der Waals surface area contributed by atoms with Crippen molar-refractivity contribution in [2.24, 2.45) is 7.05 Å². The predicted molar refractivity (Wildman–Crippen MR) is 101 cm³/mol. The summed E-state index contributed by atoms with van der Waals surface area (Å²) in [5.74, 6) is 0.788. The molecule has 0 aromatic carbocycles. The Hall–Kier alpha value is -1.53. The van der Waals surface area contributed by atoms with E-state index in [1.54, 1.807) is 32.5 Å². The second kappa shape index (κ2) is 8.23. The molecule has 3 rings (SSSR count). The van der Waals surface area contributed by atoms with Gasteiger partial charge in [0.1, 0.15) is 4.90 Å². The van der Waals surface area contributed by atoms with E-state index in [4.69, 9.17) is 4.52 Å². The summed E-state index contributed by atoms with van der Waals surface area (Å²) < 4.78 is 35.0. The molecular formula is C15H26ClN7O3S. The highest BCUT2D eigenvalue weighted by Gasteiger charge is 2.30. The summed E-state index contributed by atoms with van der Waals surface area (Å²) in [6, 6.07) is -0.644. The van der Waals surface area contributed by atoms with Crippen molar-refractivity contribution in [1.29, 1.82) is 0 Å². The van der Waals surface area contributed by atoms with E-state index in [2.05, 4.69) is 30.2 Å². The number of hydrogen-bond acceptors (Lipinski definition) is 8. The smallest absolute Gasteiger partial charge is 0.244 e. The van der Waals surface area contributed by atoms with Gasteiger partial charge >= 0.3 is 0 Å². The monoisotopic (exact) mass is 419 g/mol. The van der Waals surface area contributed by atoms with Crippen LogP contribution in [0.25, 0.3) is 0 Å². The minimum atomic E-state index is -3.76. The highest BCUT2D eigenvalue weighted by molar-refractivity contribution is 7.89. The second-order valence-corrected chi connectivity index (χ2v) is 8.31. The zero-order chi connectivity index (χ0) is 19.1. The zero-order valence-electron chi connectivity index (χ0n) is 16.1. The molecule has 2 aromatic rings. The number of halogens is 1. The van der Waals surface area contributed by atoms with Gasteiger partial charge in [-0.05, 0) is 27.8 Å². The van der Waals surface area contributed by atoms with E-state index in [0.717, 1.165) is 19.6 Å². The van der Waals surface area contributed by atoms with Crippen LogP contribution < -0.4 is 10.0 Å². The van der Waals surface area contributed by atoms with Crippen LogP contribution >= 0.6 is 12.4 Å². The fourth-order valence-electron chi connectivity index (χ4n) is 3.14. The van der Waals surface area contributed by atoms with Crippen LogP contribution in [0.3, 0.4) is 0 Å². The standard InChI is InChI=1S/C15H25N7O3S.ClH/c1-9-13(11(3)22(5)18-9)26(23,24)20-10(2)15-17-14(19-25-15)12-8-16-6-7-21(12)4;/h10,12,16,20H,6-8H2,1-5H3;1H. The third-order valence-electron chi connectivity index (χ3n) is 4.68. The van der Waals surface area contributed by atoms with Crippen molar-refractivity contribution < 1.29 is 12.9 Å². The molecule has 0 saturated carbocycles. The topological polar surface area (TPSA) is 118 Å². The summed E-state index contributed by atoms with van der Waals surface area (Å²) in [5, 5.41) is 11.5. The first-order valence-corrected chi connectivity index (χ1v) is 9.96. The lowest BCUT2D eigenvalue weighted by molar-refractivity contribution is 0.190. The number of rotatable bonds is 5. The lowest BCUT2D eigenvalue weighted by Gasteiger charge is -2.30. The molecule has 0 aliphatic carbocycles. The first-order valence-electron chi connectivity index (χ1n) is 8.47. The SMILES string of the molecule is Cc1nn(C)c(C)c1S(=O)(=O)NC(C)c1nc(C2CNCCN2C)no1.Cl. The van der Waals surface area contributed by atoms with E-state index in [1.807, 2.05) is 7.05 Å². The first-order chi connectivity index (χ1) is 12.2. The Morgan fingerprint density at radius 2 is 2.04 bits per heavy atom. The largest absolute Gasteiger partial charge is 0.338 e. The Kier molecular flexibility index (Phi) is 6.63. The number of aryl methyl sites for hydroxylation is 2. The van der Waals surface area contributed by atoms with Gasteiger partial charge in [-0.15, -0.1) is 12.4 Å². The van der Waals surface area contributed by atoms with Gasteiger partial charge in [-0.3, -0.25) is 9.58 Å². The summed E-state index contributed by atoms with van der Waals surface area (Å²) in [7, 11) is -0.0447. The average molecular weight is 420 g/mol. The van der Waals surface area contributed by atoms with Crippen molar-refractivity contribution in [3.05, 3.63) is 23.1 Å². The number of aromatic nitrogens is 4. The molecular weight excluding hydrogens is 394 g/mol. The van der Waals surface area contributed by atoms with Gasteiger partial charge in [-0.2, -0.15) is 14.8 Å². The molecule has 2 atom stereocenters. The van der Waals surface area contributed by atoms with Gasteiger partial charge < -0.3 is 9.84 Å². The molecule has 152 valence electrons. The number of hydrogen-bond donors (Lipinski definition) is 2. The van der Waals surface area contributed by atoms with Crippen LogP contribution in [0.5, 0.6) is 0 Å². The molecule has 0 amide bonds. The van der Waals surface area contributed by atoms with E-state index >= 15 is 0 Å². The number of sulfonamides is 1. The maximum Gasteiger partial charge on any atom is 0.244 e. The van der Waals surface area contributed by atoms with Crippen LogP contribution in [0.4, 0.5) is 0 Å². The van der Waals surface area contributed by atoms with Crippen molar-refractivity contribution in [1.82, 2.24) is 34.9 Å². The van der Waals surface area contributed by atoms with E-state index in [1.165, 1.54) is 0 Å². The van der Waals surface area contributed by atoms with Crippen LogP contribution in [-0.4, -0.2) is 59.9 Å². The fraction of sp³-hybridized carbons (Fsp3) is 0.667. The lowest BCUT2D eigenvalue weighted by Crippen LogP contribution is -2.44. The van der Waals surface area contributed by atoms with Crippen molar-refractivity contribution in [3.63, 3.8) is 0 Å². The predicted octanol–water partition coefficient (Wildman–Crippen LogP) is 0.457. The normalized spacial score (nSPS) is 19.7. The van der Waals surface area contributed by atoms with Crippen LogP contribution in [0.2, 0.25) is 0 Å². The minimum absolute atomic E-state index is 0. The van der Waals surface area contributed by atoms with Gasteiger partial charge in [-0.25, -0.2) is 8.42 Å². The lowest BCUT2D eigenvalue weighted by atomic mass is 10.2. The highest BCUT2D eigenvalue weighted by Crippen LogP contribution is 2.23. The second-order valence-electron chi connectivity index (χ2n) is 6.66. The number of nitrogens with zero attached hydrogens (tertiary/aromatic N) is 5. The Labute approximate surface area is 165 Å². The van der Waals surface area contributed by atoms with Crippen molar-refractivity contribution in [2.45, 2.75) is 37.8 Å². The molecule has 10 nitrogen and oxygen atoms in total. The maximum atomic E-state index is 12.8. The first kappa shape index (κ1) is 21.8. The molecule has 3 heterocycles. The Balaban J connectivity index is 0.00000261. The quantitative estimate of drug-likeness (QED) is 0.717. The average Bonchev–Trinajstić information content (AvgIpc) is 3.13. The number of nitrogens with one attached hydrogen (secondary N) is 2. The van der Waals surface area contributed by atoms with Gasteiger partial charge in [0.05, 0.1) is 23.5 Å². The van der Waals surface area contributed by atoms with Crippen molar-refractivity contribution in [3.8, 4) is 0 Å². The van der Waals surface area contributed by atoms with E-state index in [0.29, 0.717) is 17.2 Å². The minimum Gasteiger partial charge on any atom is -0.338 e. The molecule has 2 N–H and O–H groups in total. The Morgan fingerprint density at radius 3 is 2.63 bits per heavy atom. The van der Waals surface area contributed by atoms with Gasteiger partial charge in [-0.1, -0.05) is 5.16 Å². The molecule has 1 aliphatic rings. The molecule has 12 heteroatoms. The van der Waals surface area contributed by atoms with Crippen LogP contribution in [0.15, 0.2) is 9.42 Å². The van der Waals surface area contributed by atoms with Crippen LogP contribution in [0.1, 0.15) is 42.1 Å². The van der Waals surface area contributed by atoms with Crippen molar-refractivity contribution in [2.75, 3.05) is 26.7 Å². The maximum absolute atomic E-state index is 12.8. The molecule has 0 spiro atoms. The van der Waals surface area contributed by atoms with Gasteiger partial charge in [0.2, 0.25) is 15.9 Å². The molecule has 1 aliphatic heterocycles.